The average Bonchev–Trinajstić information content (AvgIpc) is 2.51. The topological polar surface area (TPSA) is 88.2 Å². The Labute approximate surface area is 143 Å². The molecule has 0 aliphatic rings. The molecule has 0 fully saturated rings. The number of amides is 1. The molecule has 0 aliphatic heterocycles. The molecule has 0 saturated heterocycles. The lowest BCUT2D eigenvalue weighted by Crippen LogP contribution is -2.36. The van der Waals surface area contributed by atoms with Crippen molar-refractivity contribution < 1.29 is 9.53 Å². The third-order valence-corrected chi connectivity index (χ3v) is 3.98. The number of rotatable bonds is 4. The highest BCUT2D eigenvalue weighted by molar-refractivity contribution is 6.38. The molecule has 23 heavy (non-hydrogen) atoms. The third kappa shape index (κ3) is 4.15. The summed E-state index contributed by atoms with van der Waals surface area (Å²) in [7, 11) is 1.59. The first kappa shape index (κ1) is 17.1. The van der Waals surface area contributed by atoms with Crippen molar-refractivity contribution in [3.63, 3.8) is 0 Å². The van der Waals surface area contributed by atoms with Crippen molar-refractivity contribution in [2.75, 3.05) is 7.11 Å². The van der Waals surface area contributed by atoms with E-state index in [1.165, 1.54) is 0 Å². The lowest BCUT2D eigenvalue weighted by Gasteiger charge is -2.12. The number of nitrogens with one attached hydrogen (secondary N) is 2. The first-order valence-corrected chi connectivity index (χ1v) is 7.43. The van der Waals surface area contributed by atoms with Crippen molar-refractivity contribution >= 4 is 35.1 Å². The van der Waals surface area contributed by atoms with Crippen molar-refractivity contribution in [1.29, 1.82) is 5.41 Å². The molecule has 2 aromatic rings. The van der Waals surface area contributed by atoms with Crippen LogP contribution >= 0.6 is 23.2 Å². The summed E-state index contributed by atoms with van der Waals surface area (Å²) in [5, 5.41) is 10.1. The van der Waals surface area contributed by atoms with Crippen LogP contribution in [0.4, 0.5) is 0 Å². The van der Waals surface area contributed by atoms with Crippen LogP contribution in [0.1, 0.15) is 5.56 Å². The fourth-order valence-electron chi connectivity index (χ4n) is 2.11. The molecule has 5 nitrogen and oxygen atoms in total. The standard InChI is InChI=1S/C16H15Cl2N3O2/c1-23-10-4-2-9(3-5-10)11-6-7-13(17)12(15(11)18)8-14(22)21-16(19)20/h2-7H,8H2,1H3,(H4,19,20,21,22). The number of nitrogens with two attached hydrogens (primary N) is 1. The first-order chi connectivity index (χ1) is 10.9. The van der Waals surface area contributed by atoms with Gasteiger partial charge in [-0.3, -0.25) is 15.5 Å². The van der Waals surface area contributed by atoms with E-state index < -0.39 is 11.9 Å². The predicted octanol–water partition coefficient (Wildman–Crippen LogP) is 3.22. The van der Waals surface area contributed by atoms with Crippen LogP contribution in [0.2, 0.25) is 10.0 Å². The Morgan fingerprint density at radius 2 is 1.87 bits per heavy atom. The van der Waals surface area contributed by atoms with E-state index in [1.807, 2.05) is 24.3 Å². The normalized spacial score (nSPS) is 10.2. The maximum absolute atomic E-state index is 11.8. The van der Waals surface area contributed by atoms with Gasteiger partial charge in [0.25, 0.3) is 0 Å². The van der Waals surface area contributed by atoms with E-state index in [0.717, 1.165) is 16.9 Å². The Hall–Kier alpha value is -2.24. The number of hydrogen-bond donors (Lipinski definition) is 3. The zero-order valence-electron chi connectivity index (χ0n) is 12.3. The highest BCUT2D eigenvalue weighted by Crippen LogP contribution is 2.35. The number of benzene rings is 2. The van der Waals surface area contributed by atoms with Crippen LogP contribution in [0.15, 0.2) is 36.4 Å². The Bertz CT molecular complexity index is 746. The van der Waals surface area contributed by atoms with Gasteiger partial charge in [0.15, 0.2) is 5.96 Å². The molecule has 0 radical (unpaired) electrons. The van der Waals surface area contributed by atoms with Gasteiger partial charge in [-0.15, -0.1) is 0 Å². The average molecular weight is 352 g/mol. The van der Waals surface area contributed by atoms with Crippen LogP contribution in [0.3, 0.4) is 0 Å². The number of hydrogen-bond acceptors (Lipinski definition) is 3. The number of carbonyl (C=O) groups is 1. The fraction of sp³-hybridized carbons (Fsp3) is 0.125. The quantitative estimate of drug-likeness (QED) is 0.583. The molecule has 120 valence electrons. The molecule has 0 bridgehead atoms. The first-order valence-electron chi connectivity index (χ1n) is 6.67. The van der Waals surface area contributed by atoms with Crippen molar-refractivity contribution in [1.82, 2.24) is 5.32 Å². The van der Waals surface area contributed by atoms with Crippen molar-refractivity contribution in [2.24, 2.45) is 5.73 Å². The lowest BCUT2D eigenvalue weighted by atomic mass is 10.0. The molecule has 4 N–H and O–H groups in total. The predicted molar refractivity (Wildman–Crippen MR) is 92.2 cm³/mol. The van der Waals surface area contributed by atoms with E-state index in [1.54, 1.807) is 19.2 Å². The summed E-state index contributed by atoms with van der Waals surface area (Å²) in [4.78, 5) is 11.8. The highest BCUT2D eigenvalue weighted by Gasteiger charge is 2.15. The van der Waals surface area contributed by atoms with E-state index in [9.17, 15) is 4.79 Å². The molecule has 0 atom stereocenters. The summed E-state index contributed by atoms with van der Waals surface area (Å²) >= 11 is 12.6. The van der Waals surface area contributed by atoms with Crippen LogP contribution in [0.25, 0.3) is 11.1 Å². The van der Waals surface area contributed by atoms with Gasteiger partial charge in [-0.05, 0) is 29.3 Å². The highest BCUT2D eigenvalue weighted by atomic mass is 35.5. The molecule has 7 heteroatoms. The van der Waals surface area contributed by atoms with Gasteiger partial charge in [0, 0.05) is 10.6 Å². The van der Waals surface area contributed by atoms with Gasteiger partial charge in [0.1, 0.15) is 5.75 Å². The second-order valence-electron chi connectivity index (χ2n) is 4.75. The van der Waals surface area contributed by atoms with Gasteiger partial charge >= 0.3 is 0 Å². The fourth-order valence-corrected chi connectivity index (χ4v) is 2.72. The molecule has 0 spiro atoms. The summed E-state index contributed by atoms with van der Waals surface area (Å²) in [6.07, 6.45) is -0.0682. The maximum Gasteiger partial charge on any atom is 0.231 e. The Morgan fingerprint density at radius 1 is 1.22 bits per heavy atom. The number of carbonyl (C=O) groups excluding carboxylic acids is 1. The van der Waals surface area contributed by atoms with E-state index in [-0.39, 0.29) is 6.42 Å². The van der Waals surface area contributed by atoms with E-state index in [4.69, 9.17) is 39.1 Å². The van der Waals surface area contributed by atoms with Crippen LogP contribution in [0, 0.1) is 5.41 Å². The van der Waals surface area contributed by atoms with Gasteiger partial charge in [-0.1, -0.05) is 41.4 Å². The molecule has 0 aromatic heterocycles. The Morgan fingerprint density at radius 3 is 2.43 bits per heavy atom. The SMILES string of the molecule is COc1ccc(-c2ccc(Cl)c(CC(=O)NC(=N)N)c2Cl)cc1. The Kier molecular flexibility index (Phi) is 5.47. The summed E-state index contributed by atoms with van der Waals surface area (Å²) < 4.78 is 5.13. The second-order valence-corrected chi connectivity index (χ2v) is 5.54. The molecule has 2 rings (SSSR count). The van der Waals surface area contributed by atoms with Crippen molar-refractivity contribution in [3.05, 3.63) is 52.0 Å². The van der Waals surface area contributed by atoms with Crippen LogP contribution in [-0.2, 0) is 11.2 Å². The monoisotopic (exact) mass is 351 g/mol. The number of ether oxygens (including phenoxy) is 1. The lowest BCUT2D eigenvalue weighted by molar-refractivity contribution is -0.119. The van der Waals surface area contributed by atoms with Crippen LogP contribution in [0.5, 0.6) is 5.75 Å². The number of methoxy groups -OCH3 is 1. The summed E-state index contributed by atoms with van der Waals surface area (Å²) in [5.74, 6) is -0.137. The number of halogens is 2. The van der Waals surface area contributed by atoms with E-state index in [2.05, 4.69) is 5.32 Å². The summed E-state index contributed by atoms with van der Waals surface area (Å²) in [5.41, 5.74) is 7.26. The molecule has 0 heterocycles. The van der Waals surface area contributed by atoms with Gasteiger partial charge in [-0.25, -0.2) is 0 Å². The molecule has 0 aliphatic carbocycles. The molecular weight excluding hydrogens is 337 g/mol. The van der Waals surface area contributed by atoms with Gasteiger partial charge < -0.3 is 10.5 Å². The molecule has 0 saturated carbocycles. The van der Waals surface area contributed by atoms with Crippen molar-refractivity contribution in [2.45, 2.75) is 6.42 Å². The minimum absolute atomic E-state index is 0.0682. The zero-order valence-corrected chi connectivity index (χ0v) is 13.8. The summed E-state index contributed by atoms with van der Waals surface area (Å²) in [6, 6.07) is 10.9. The third-order valence-electron chi connectivity index (χ3n) is 3.20. The largest absolute Gasteiger partial charge is 0.497 e. The smallest absolute Gasteiger partial charge is 0.231 e. The van der Waals surface area contributed by atoms with Gasteiger partial charge in [0.05, 0.1) is 18.6 Å². The molecule has 0 unspecified atom stereocenters. The van der Waals surface area contributed by atoms with Crippen LogP contribution < -0.4 is 15.8 Å². The van der Waals surface area contributed by atoms with Crippen LogP contribution in [-0.4, -0.2) is 19.0 Å². The van der Waals surface area contributed by atoms with Crippen molar-refractivity contribution in [3.8, 4) is 16.9 Å². The van der Waals surface area contributed by atoms with Gasteiger partial charge in [0.2, 0.25) is 5.91 Å². The van der Waals surface area contributed by atoms with E-state index >= 15 is 0 Å². The summed E-state index contributed by atoms with van der Waals surface area (Å²) in [6.45, 7) is 0. The molecular formula is C16H15Cl2N3O2. The minimum atomic E-state index is -0.451. The minimum Gasteiger partial charge on any atom is -0.497 e. The Balaban J connectivity index is 2.37. The molecule has 1 amide bonds. The zero-order chi connectivity index (χ0) is 17.0. The molecule has 2 aromatic carbocycles. The maximum atomic E-state index is 11.8. The van der Waals surface area contributed by atoms with Gasteiger partial charge in [-0.2, -0.15) is 0 Å². The number of guanidine groups is 1. The second kappa shape index (κ2) is 7.35. The van der Waals surface area contributed by atoms with E-state index in [0.29, 0.717) is 15.6 Å².